The van der Waals surface area contributed by atoms with Gasteiger partial charge in [0.15, 0.2) is 0 Å². The van der Waals surface area contributed by atoms with Crippen LogP contribution in [0.3, 0.4) is 0 Å². The van der Waals surface area contributed by atoms with E-state index in [0.717, 1.165) is 25.7 Å². The normalized spacial score (nSPS) is 48.2. The number of carbonyl (C=O) groups excluding carboxylic acids is 1. The predicted molar refractivity (Wildman–Crippen MR) is 67.3 cm³/mol. The Bertz CT molecular complexity index is 462. The molecular formula is C16H18O. The summed E-state index contributed by atoms with van der Waals surface area (Å²) in [4.78, 5) is 12.8. The van der Waals surface area contributed by atoms with Crippen LogP contribution in [-0.2, 0) is 4.79 Å². The monoisotopic (exact) mass is 226 g/mol. The standard InChI is InChI=1S/C16H18O/c1-2-11-10-12-6-5-9-16(12)13(11)15(14(16)17)7-3-4-8-15/h2-6,11-13H,1,7-10H2/t11-,12?,13-,16-/m1/s1. The minimum Gasteiger partial charge on any atom is -0.298 e. The van der Waals surface area contributed by atoms with Crippen LogP contribution in [0.1, 0.15) is 25.7 Å². The lowest BCUT2D eigenvalue weighted by atomic mass is 9.41. The van der Waals surface area contributed by atoms with Crippen molar-refractivity contribution in [2.24, 2.45) is 28.6 Å². The molecule has 0 N–H and O–H groups in total. The second kappa shape index (κ2) is 2.82. The summed E-state index contributed by atoms with van der Waals surface area (Å²) < 4.78 is 0. The number of hydrogen-bond acceptors (Lipinski definition) is 1. The van der Waals surface area contributed by atoms with Crippen LogP contribution in [-0.4, -0.2) is 5.78 Å². The molecule has 4 rings (SSSR count). The number of fused-ring (bicyclic) bond motifs is 1. The first-order valence-corrected chi connectivity index (χ1v) is 6.75. The third kappa shape index (κ3) is 0.821. The van der Waals surface area contributed by atoms with Crippen LogP contribution in [0.25, 0.3) is 0 Å². The average Bonchev–Trinajstić information content (AvgIpc) is 3.01. The summed E-state index contributed by atoms with van der Waals surface area (Å²) in [5.74, 6) is 2.20. The molecule has 0 aromatic rings. The maximum absolute atomic E-state index is 12.8. The van der Waals surface area contributed by atoms with Crippen molar-refractivity contribution < 1.29 is 4.79 Å². The van der Waals surface area contributed by atoms with Crippen molar-refractivity contribution in [1.82, 2.24) is 0 Å². The quantitative estimate of drug-likeness (QED) is 0.627. The molecule has 0 aliphatic heterocycles. The summed E-state index contributed by atoms with van der Waals surface area (Å²) in [5.41, 5.74) is -0.0372. The molecule has 1 nitrogen and oxygen atoms in total. The molecule has 0 heterocycles. The van der Waals surface area contributed by atoms with Crippen molar-refractivity contribution >= 4 is 5.78 Å². The van der Waals surface area contributed by atoms with Gasteiger partial charge in [0.25, 0.3) is 0 Å². The average molecular weight is 226 g/mol. The Balaban J connectivity index is 1.82. The number of rotatable bonds is 1. The molecule has 1 unspecified atom stereocenters. The molecule has 2 spiro atoms. The van der Waals surface area contributed by atoms with Gasteiger partial charge in [0.1, 0.15) is 5.78 Å². The van der Waals surface area contributed by atoms with E-state index in [-0.39, 0.29) is 10.8 Å². The maximum Gasteiger partial charge on any atom is 0.147 e. The first kappa shape index (κ1) is 9.87. The van der Waals surface area contributed by atoms with Crippen LogP contribution in [0.4, 0.5) is 0 Å². The highest BCUT2D eigenvalue weighted by Crippen LogP contribution is 2.75. The first-order chi connectivity index (χ1) is 8.25. The van der Waals surface area contributed by atoms with E-state index in [2.05, 4.69) is 37.0 Å². The Kier molecular flexibility index (Phi) is 1.64. The van der Waals surface area contributed by atoms with E-state index in [4.69, 9.17) is 0 Å². The van der Waals surface area contributed by atoms with Crippen molar-refractivity contribution in [3.63, 3.8) is 0 Å². The third-order valence-electron chi connectivity index (χ3n) is 5.90. The predicted octanol–water partition coefficient (Wildman–Crippen LogP) is 3.29. The van der Waals surface area contributed by atoms with E-state index in [0.29, 0.717) is 23.5 Å². The zero-order valence-corrected chi connectivity index (χ0v) is 10.1. The van der Waals surface area contributed by atoms with Gasteiger partial charge in [0.05, 0.1) is 0 Å². The molecular weight excluding hydrogens is 208 g/mol. The van der Waals surface area contributed by atoms with Crippen molar-refractivity contribution in [2.45, 2.75) is 25.7 Å². The van der Waals surface area contributed by atoms with Crippen molar-refractivity contribution in [1.29, 1.82) is 0 Å². The Labute approximate surface area is 102 Å². The lowest BCUT2D eigenvalue weighted by Crippen LogP contribution is -2.64. The Hall–Kier alpha value is -1.11. The third-order valence-corrected chi connectivity index (χ3v) is 5.90. The molecule has 4 atom stereocenters. The second-order valence-corrected chi connectivity index (χ2v) is 6.26. The Morgan fingerprint density at radius 2 is 2.00 bits per heavy atom. The van der Waals surface area contributed by atoms with E-state index < -0.39 is 0 Å². The lowest BCUT2D eigenvalue weighted by Gasteiger charge is -2.59. The second-order valence-electron chi connectivity index (χ2n) is 6.26. The summed E-state index contributed by atoms with van der Waals surface area (Å²) in [6.07, 6.45) is 15.2. The summed E-state index contributed by atoms with van der Waals surface area (Å²) in [5, 5.41) is 0. The zero-order chi connectivity index (χ0) is 11.7. The molecule has 0 aromatic carbocycles. The number of hydrogen-bond donors (Lipinski definition) is 0. The highest BCUT2D eigenvalue weighted by atomic mass is 16.1. The molecule has 0 bridgehead atoms. The molecule has 17 heavy (non-hydrogen) atoms. The van der Waals surface area contributed by atoms with Crippen LogP contribution in [0.15, 0.2) is 37.0 Å². The molecule has 0 amide bonds. The lowest BCUT2D eigenvalue weighted by molar-refractivity contribution is -0.174. The molecule has 4 aliphatic rings. The highest BCUT2D eigenvalue weighted by Gasteiger charge is 2.76. The van der Waals surface area contributed by atoms with Crippen LogP contribution >= 0.6 is 0 Å². The number of Topliss-reactive ketones (excluding diaryl/α,β-unsaturated/α-hetero) is 1. The molecule has 4 aliphatic carbocycles. The number of allylic oxidation sites excluding steroid dienone is 5. The van der Waals surface area contributed by atoms with Gasteiger partial charge in [0, 0.05) is 10.8 Å². The van der Waals surface area contributed by atoms with Gasteiger partial charge in [-0.2, -0.15) is 0 Å². The Morgan fingerprint density at radius 3 is 2.71 bits per heavy atom. The fourth-order valence-electron chi connectivity index (χ4n) is 5.38. The SMILES string of the molecule is C=C[C@@H]1CC2C=CC[C@@]23C(=O)C2(CC=CC2)[C@@H]13. The van der Waals surface area contributed by atoms with Crippen molar-refractivity contribution in [3.05, 3.63) is 37.0 Å². The van der Waals surface area contributed by atoms with Crippen LogP contribution in [0, 0.1) is 28.6 Å². The molecule has 0 saturated heterocycles. The first-order valence-electron chi connectivity index (χ1n) is 6.75. The number of ketones is 1. The highest BCUT2D eigenvalue weighted by molar-refractivity contribution is 6.00. The number of carbonyl (C=O) groups is 1. The fraction of sp³-hybridized carbons (Fsp3) is 0.562. The van der Waals surface area contributed by atoms with E-state index in [1.165, 1.54) is 0 Å². The van der Waals surface area contributed by atoms with Gasteiger partial charge in [-0.1, -0.05) is 30.4 Å². The van der Waals surface area contributed by atoms with Crippen LogP contribution in [0.2, 0.25) is 0 Å². The van der Waals surface area contributed by atoms with E-state index in [1.54, 1.807) is 0 Å². The van der Waals surface area contributed by atoms with E-state index in [1.807, 2.05) is 0 Å². The van der Waals surface area contributed by atoms with Crippen molar-refractivity contribution in [2.75, 3.05) is 0 Å². The maximum atomic E-state index is 12.8. The Morgan fingerprint density at radius 1 is 1.24 bits per heavy atom. The largest absolute Gasteiger partial charge is 0.298 e. The molecule has 2 saturated carbocycles. The zero-order valence-electron chi connectivity index (χ0n) is 10.1. The van der Waals surface area contributed by atoms with Gasteiger partial charge in [0.2, 0.25) is 0 Å². The summed E-state index contributed by atoms with van der Waals surface area (Å²) >= 11 is 0. The molecule has 1 heteroatoms. The van der Waals surface area contributed by atoms with E-state index >= 15 is 0 Å². The van der Waals surface area contributed by atoms with Gasteiger partial charge in [-0.25, -0.2) is 0 Å². The fourth-order valence-corrected chi connectivity index (χ4v) is 5.38. The summed E-state index contributed by atoms with van der Waals surface area (Å²) in [7, 11) is 0. The topological polar surface area (TPSA) is 17.1 Å². The van der Waals surface area contributed by atoms with Gasteiger partial charge < -0.3 is 0 Å². The molecule has 0 radical (unpaired) electrons. The summed E-state index contributed by atoms with van der Waals surface area (Å²) in [6, 6.07) is 0. The molecule has 2 fully saturated rings. The summed E-state index contributed by atoms with van der Waals surface area (Å²) in [6.45, 7) is 4.01. The smallest absolute Gasteiger partial charge is 0.147 e. The minimum absolute atomic E-state index is 0.00905. The van der Waals surface area contributed by atoms with Crippen LogP contribution in [0.5, 0.6) is 0 Å². The van der Waals surface area contributed by atoms with Gasteiger partial charge in [-0.05, 0) is 43.4 Å². The minimum atomic E-state index is -0.0281. The van der Waals surface area contributed by atoms with Crippen LogP contribution < -0.4 is 0 Å². The van der Waals surface area contributed by atoms with Gasteiger partial charge in [-0.15, -0.1) is 6.58 Å². The molecule has 88 valence electrons. The van der Waals surface area contributed by atoms with Crippen molar-refractivity contribution in [3.8, 4) is 0 Å². The van der Waals surface area contributed by atoms with Gasteiger partial charge in [-0.3, -0.25) is 4.79 Å². The van der Waals surface area contributed by atoms with E-state index in [9.17, 15) is 4.79 Å². The van der Waals surface area contributed by atoms with Gasteiger partial charge >= 0.3 is 0 Å². The molecule has 0 aromatic heterocycles.